The SMILES string of the molecule is CCCC(N)C(=O)NCc1ccc(CC)cc1. The zero-order valence-corrected chi connectivity index (χ0v) is 10.7. The van der Waals surface area contributed by atoms with Crippen LogP contribution < -0.4 is 11.1 Å². The van der Waals surface area contributed by atoms with Gasteiger partial charge in [0, 0.05) is 6.54 Å². The van der Waals surface area contributed by atoms with Gasteiger partial charge in [0.25, 0.3) is 0 Å². The summed E-state index contributed by atoms with van der Waals surface area (Å²) in [4.78, 5) is 11.6. The minimum atomic E-state index is -0.380. The van der Waals surface area contributed by atoms with Crippen LogP contribution in [0.5, 0.6) is 0 Å². The van der Waals surface area contributed by atoms with Crippen LogP contribution in [-0.2, 0) is 17.8 Å². The maximum absolute atomic E-state index is 11.6. The third kappa shape index (κ3) is 4.57. The highest BCUT2D eigenvalue weighted by molar-refractivity contribution is 5.81. The zero-order valence-electron chi connectivity index (χ0n) is 10.7. The van der Waals surface area contributed by atoms with E-state index in [9.17, 15) is 4.79 Å². The Balaban J connectivity index is 2.41. The van der Waals surface area contributed by atoms with Gasteiger partial charge >= 0.3 is 0 Å². The Hall–Kier alpha value is -1.35. The second-order valence-electron chi connectivity index (χ2n) is 4.28. The minimum absolute atomic E-state index is 0.0635. The summed E-state index contributed by atoms with van der Waals surface area (Å²) in [6.07, 6.45) is 2.70. The second kappa shape index (κ2) is 7.07. The first-order valence-electron chi connectivity index (χ1n) is 6.28. The van der Waals surface area contributed by atoms with E-state index in [1.165, 1.54) is 5.56 Å². The molecule has 1 unspecified atom stereocenters. The van der Waals surface area contributed by atoms with Crippen molar-refractivity contribution in [1.29, 1.82) is 0 Å². The first-order chi connectivity index (χ1) is 8.17. The van der Waals surface area contributed by atoms with Crippen molar-refractivity contribution >= 4 is 5.91 Å². The number of nitrogens with one attached hydrogen (secondary N) is 1. The van der Waals surface area contributed by atoms with Crippen LogP contribution in [-0.4, -0.2) is 11.9 Å². The number of nitrogens with two attached hydrogens (primary N) is 1. The summed E-state index contributed by atoms with van der Waals surface area (Å²) in [5.74, 6) is -0.0635. The van der Waals surface area contributed by atoms with Gasteiger partial charge in [-0.25, -0.2) is 0 Å². The highest BCUT2D eigenvalue weighted by atomic mass is 16.2. The molecule has 3 heteroatoms. The van der Waals surface area contributed by atoms with Crippen LogP contribution >= 0.6 is 0 Å². The molecular weight excluding hydrogens is 212 g/mol. The smallest absolute Gasteiger partial charge is 0.237 e. The van der Waals surface area contributed by atoms with Crippen molar-refractivity contribution in [3.63, 3.8) is 0 Å². The van der Waals surface area contributed by atoms with Gasteiger partial charge in [-0.15, -0.1) is 0 Å². The molecule has 1 aromatic rings. The highest BCUT2D eigenvalue weighted by Gasteiger charge is 2.11. The summed E-state index contributed by atoms with van der Waals surface area (Å²) < 4.78 is 0. The van der Waals surface area contributed by atoms with Crippen molar-refractivity contribution in [2.24, 2.45) is 5.73 Å². The maximum atomic E-state index is 11.6. The molecule has 0 aliphatic rings. The largest absolute Gasteiger partial charge is 0.351 e. The average molecular weight is 234 g/mol. The van der Waals surface area contributed by atoms with E-state index in [-0.39, 0.29) is 11.9 Å². The van der Waals surface area contributed by atoms with E-state index in [4.69, 9.17) is 5.73 Å². The van der Waals surface area contributed by atoms with Crippen LogP contribution in [0.25, 0.3) is 0 Å². The van der Waals surface area contributed by atoms with E-state index in [1.807, 2.05) is 19.1 Å². The standard InChI is InChI=1S/C14H22N2O/c1-3-5-13(15)14(17)16-10-12-8-6-11(4-2)7-9-12/h6-9,13H,3-5,10,15H2,1-2H3,(H,16,17). The Labute approximate surface area is 103 Å². The molecular formula is C14H22N2O. The third-order valence-corrected chi connectivity index (χ3v) is 2.83. The fourth-order valence-corrected chi connectivity index (χ4v) is 1.66. The van der Waals surface area contributed by atoms with Crippen molar-refractivity contribution in [1.82, 2.24) is 5.32 Å². The molecule has 0 saturated heterocycles. The van der Waals surface area contributed by atoms with Gasteiger partial charge in [0.05, 0.1) is 6.04 Å². The predicted octanol–water partition coefficient (Wildman–Crippen LogP) is 1.99. The Morgan fingerprint density at radius 1 is 1.24 bits per heavy atom. The molecule has 1 aromatic carbocycles. The van der Waals surface area contributed by atoms with E-state index >= 15 is 0 Å². The van der Waals surface area contributed by atoms with Crippen LogP contribution in [0, 0.1) is 0 Å². The zero-order chi connectivity index (χ0) is 12.7. The lowest BCUT2D eigenvalue weighted by atomic mass is 10.1. The van der Waals surface area contributed by atoms with E-state index in [2.05, 4.69) is 24.4 Å². The first kappa shape index (κ1) is 13.7. The Kier molecular flexibility index (Phi) is 5.70. The van der Waals surface area contributed by atoms with Gasteiger partial charge in [-0.3, -0.25) is 4.79 Å². The molecule has 0 aliphatic carbocycles. The number of hydrogen-bond donors (Lipinski definition) is 2. The molecule has 1 rings (SSSR count). The van der Waals surface area contributed by atoms with Crippen LogP contribution in [0.3, 0.4) is 0 Å². The molecule has 0 fully saturated rings. The summed E-state index contributed by atoms with van der Waals surface area (Å²) in [6.45, 7) is 4.71. The van der Waals surface area contributed by atoms with Gasteiger partial charge in [0.1, 0.15) is 0 Å². The van der Waals surface area contributed by atoms with Gasteiger partial charge in [0.2, 0.25) is 5.91 Å². The molecule has 1 amide bonds. The molecule has 0 saturated carbocycles. The Bertz CT molecular complexity index is 346. The second-order valence-corrected chi connectivity index (χ2v) is 4.28. The molecule has 17 heavy (non-hydrogen) atoms. The molecule has 0 radical (unpaired) electrons. The molecule has 0 heterocycles. The van der Waals surface area contributed by atoms with Crippen LogP contribution in [0.4, 0.5) is 0 Å². The van der Waals surface area contributed by atoms with Crippen LogP contribution in [0.1, 0.15) is 37.8 Å². The normalized spacial score (nSPS) is 12.2. The maximum Gasteiger partial charge on any atom is 0.237 e. The van der Waals surface area contributed by atoms with E-state index < -0.39 is 0 Å². The summed E-state index contributed by atoms with van der Waals surface area (Å²) in [5.41, 5.74) is 8.14. The van der Waals surface area contributed by atoms with E-state index in [0.717, 1.165) is 24.8 Å². The van der Waals surface area contributed by atoms with Gasteiger partial charge in [0.15, 0.2) is 0 Å². The topological polar surface area (TPSA) is 55.1 Å². The first-order valence-corrected chi connectivity index (χ1v) is 6.28. The Morgan fingerprint density at radius 2 is 1.82 bits per heavy atom. The number of aryl methyl sites for hydroxylation is 1. The van der Waals surface area contributed by atoms with E-state index in [1.54, 1.807) is 0 Å². The number of carbonyl (C=O) groups excluding carboxylic acids is 1. The Morgan fingerprint density at radius 3 is 2.35 bits per heavy atom. The van der Waals surface area contributed by atoms with Crippen molar-refractivity contribution in [2.75, 3.05) is 0 Å². The lowest BCUT2D eigenvalue weighted by Crippen LogP contribution is -2.40. The minimum Gasteiger partial charge on any atom is -0.351 e. The molecule has 0 aromatic heterocycles. The molecule has 3 N–H and O–H groups in total. The van der Waals surface area contributed by atoms with Crippen LogP contribution in [0.2, 0.25) is 0 Å². The number of rotatable bonds is 6. The van der Waals surface area contributed by atoms with Gasteiger partial charge in [-0.05, 0) is 24.0 Å². The lowest BCUT2D eigenvalue weighted by Gasteiger charge is -2.11. The van der Waals surface area contributed by atoms with E-state index in [0.29, 0.717) is 6.54 Å². The van der Waals surface area contributed by atoms with Crippen molar-refractivity contribution < 1.29 is 4.79 Å². The fourth-order valence-electron chi connectivity index (χ4n) is 1.66. The summed E-state index contributed by atoms with van der Waals surface area (Å²) in [6, 6.07) is 7.89. The fraction of sp³-hybridized carbons (Fsp3) is 0.500. The monoisotopic (exact) mass is 234 g/mol. The molecule has 3 nitrogen and oxygen atoms in total. The summed E-state index contributed by atoms with van der Waals surface area (Å²) >= 11 is 0. The molecule has 0 aliphatic heterocycles. The molecule has 1 atom stereocenters. The highest BCUT2D eigenvalue weighted by Crippen LogP contribution is 2.05. The third-order valence-electron chi connectivity index (χ3n) is 2.83. The molecule has 0 spiro atoms. The molecule has 0 bridgehead atoms. The van der Waals surface area contributed by atoms with Gasteiger partial charge in [-0.1, -0.05) is 44.5 Å². The molecule has 94 valence electrons. The van der Waals surface area contributed by atoms with Crippen LogP contribution in [0.15, 0.2) is 24.3 Å². The summed E-state index contributed by atoms with van der Waals surface area (Å²) in [5, 5.41) is 2.86. The number of amides is 1. The average Bonchev–Trinajstić information content (AvgIpc) is 2.36. The lowest BCUT2D eigenvalue weighted by molar-refractivity contribution is -0.122. The predicted molar refractivity (Wildman–Crippen MR) is 70.6 cm³/mol. The van der Waals surface area contributed by atoms with Crippen molar-refractivity contribution in [2.45, 2.75) is 45.7 Å². The van der Waals surface area contributed by atoms with Gasteiger partial charge in [-0.2, -0.15) is 0 Å². The number of carbonyl (C=O) groups is 1. The number of hydrogen-bond acceptors (Lipinski definition) is 2. The summed E-state index contributed by atoms with van der Waals surface area (Å²) in [7, 11) is 0. The van der Waals surface area contributed by atoms with Gasteiger partial charge < -0.3 is 11.1 Å². The number of benzene rings is 1. The van der Waals surface area contributed by atoms with Crippen molar-refractivity contribution in [3.05, 3.63) is 35.4 Å². The van der Waals surface area contributed by atoms with Crippen molar-refractivity contribution in [3.8, 4) is 0 Å². The quantitative estimate of drug-likeness (QED) is 0.791.